The van der Waals surface area contributed by atoms with E-state index in [0.717, 1.165) is 11.1 Å². The topological polar surface area (TPSA) is 0 Å². The Bertz CT molecular complexity index is 1760. The largest absolute Gasteiger partial charge is 0.0622 e. The van der Waals surface area contributed by atoms with E-state index in [2.05, 4.69) is 194 Å². The van der Waals surface area contributed by atoms with Gasteiger partial charge in [-0.3, -0.25) is 0 Å². The van der Waals surface area contributed by atoms with E-state index in [-0.39, 0.29) is 0 Å². The van der Waals surface area contributed by atoms with E-state index in [1.54, 1.807) is 0 Å². The zero-order valence-corrected chi connectivity index (χ0v) is 24.6. The van der Waals surface area contributed by atoms with Crippen LogP contribution in [0.25, 0.3) is 59.7 Å². The van der Waals surface area contributed by atoms with E-state index < -0.39 is 0 Å². The Kier molecular flexibility index (Phi) is 9.33. The first kappa shape index (κ1) is 28.4. The van der Waals surface area contributed by atoms with Gasteiger partial charge in [-0.15, -0.1) is 0 Å². The summed E-state index contributed by atoms with van der Waals surface area (Å²) < 4.78 is 0. The molecule has 0 nitrogen and oxygen atoms in total. The van der Waals surface area contributed by atoms with Crippen molar-refractivity contribution in [1.29, 1.82) is 0 Å². The van der Waals surface area contributed by atoms with Crippen molar-refractivity contribution in [3.63, 3.8) is 0 Å². The Balaban J connectivity index is 1.47. The molecule has 6 rings (SSSR count). The van der Waals surface area contributed by atoms with Gasteiger partial charge >= 0.3 is 0 Å². The summed E-state index contributed by atoms with van der Waals surface area (Å²) in [6.07, 6.45) is 17.6. The van der Waals surface area contributed by atoms with Crippen molar-refractivity contribution in [2.75, 3.05) is 0 Å². The van der Waals surface area contributed by atoms with Gasteiger partial charge in [0, 0.05) is 0 Å². The highest BCUT2D eigenvalue weighted by atomic mass is 14.1. The van der Waals surface area contributed by atoms with Crippen molar-refractivity contribution < 1.29 is 0 Å². The summed E-state index contributed by atoms with van der Waals surface area (Å²) in [6, 6.07) is 55.3. The summed E-state index contributed by atoms with van der Waals surface area (Å²) in [5.41, 5.74) is 11.8. The van der Waals surface area contributed by atoms with Crippen LogP contribution < -0.4 is 0 Å². The molecule has 0 atom stereocenters. The minimum absolute atomic E-state index is 1.16. The molecule has 44 heavy (non-hydrogen) atoms. The lowest BCUT2D eigenvalue weighted by molar-refractivity contribution is 1.54. The molecule has 0 aromatic heterocycles. The van der Waals surface area contributed by atoms with Crippen LogP contribution in [0.5, 0.6) is 0 Å². The van der Waals surface area contributed by atoms with Gasteiger partial charge in [0.2, 0.25) is 0 Å². The third-order valence-electron chi connectivity index (χ3n) is 7.49. The molecule has 6 aromatic rings. The molecular formula is C44H34. The minimum Gasteiger partial charge on any atom is -0.0622 e. The molecule has 210 valence electrons. The van der Waals surface area contributed by atoms with Crippen LogP contribution in [0, 0.1) is 0 Å². The molecule has 0 aliphatic heterocycles. The Labute approximate surface area is 261 Å². The maximum absolute atomic E-state index is 2.31. The maximum Gasteiger partial charge on any atom is -0.00992 e. The molecule has 0 heteroatoms. The molecule has 0 bridgehead atoms. The second kappa shape index (κ2) is 14.4. The third kappa shape index (κ3) is 7.76. The molecule has 0 fully saturated rings. The second-order valence-corrected chi connectivity index (χ2v) is 10.7. The number of rotatable bonds is 9. The highest BCUT2D eigenvalue weighted by Gasteiger charge is 2.10. The zero-order valence-electron chi connectivity index (χ0n) is 24.6. The zero-order chi connectivity index (χ0) is 29.8. The predicted molar refractivity (Wildman–Crippen MR) is 193 cm³/mol. The SMILES string of the molecule is C(=Cc1ccc(C=Cc2ccccc2)c(-c2cc(C=Cc3ccccc3)ccc2C=Cc2ccccc2)c1)c1ccccc1. The lowest BCUT2D eigenvalue weighted by atomic mass is 9.91. The van der Waals surface area contributed by atoms with Gasteiger partial charge < -0.3 is 0 Å². The fourth-order valence-electron chi connectivity index (χ4n) is 5.13. The number of benzene rings is 6. The van der Waals surface area contributed by atoms with Gasteiger partial charge in [0.1, 0.15) is 0 Å². The smallest absolute Gasteiger partial charge is 0.00992 e. The van der Waals surface area contributed by atoms with Crippen molar-refractivity contribution in [2.45, 2.75) is 0 Å². The molecule has 0 saturated carbocycles. The second-order valence-electron chi connectivity index (χ2n) is 10.7. The predicted octanol–water partition coefficient (Wildman–Crippen LogP) is 12.0. The third-order valence-corrected chi connectivity index (χ3v) is 7.49. The van der Waals surface area contributed by atoms with Crippen LogP contribution in [-0.2, 0) is 0 Å². The van der Waals surface area contributed by atoms with Crippen molar-refractivity contribution >= 4 is 48.6 Å². The maximum atomic E-state index is 2.31. The molecule has 0 aliphatic rings. The van der Waals surface area contributed by atoms with E-state index in [1.165, 1.54) is 44.5 Å². The lowest BCUT2D eigenvalue weighted by Crippen LogP contribution is -1.90. The van der Waals surface area contributed by atoms with Crippen molar-refractivity contribution in [3.8, 4) is 11.1 Å². The van der Waals surface area contributed by atoms with Gasteiger partial charge in [-0.25, -0.2) is 0 Å². The molecular weight excluding hydrogens is 528 g/mol. The van der Waals surface area contributed by atoms with Crippen LogP contribution in [0.15, 0.2) is 158 Å². The van der Waals surface area contributed by atoms with E-state index in [4.69, 9.17) is 0 Å². The van der Waals surface area contributed by atoms with Crippen LogP contribution >= 0.6 is 0 Å². The highest BCUT2D eigenvalue weighted by Crippen LogP contribution is 2.33. The summed E-state index contributed by atoms with van der Waals surface area (Å²) >= 11 is 0. The van der Waals surface area contributed by atoms with Crippen molar-refractivity contribution in [1.82, 2.24) is 0 Å². The van der Waals surface area contributed by atoms with Crippen LogP contribution in [-0.4, -0.2) is 0 Å². The highest BCUT2D eigenvalue weighted by molar-refractivity contribution is 5.90. The van der Waals surface area contributed by atoms with Gasteiger partial charge in [0.05, 0.1) is 0 Å². The fourth-order valence-corrected chi connectivity index (χ4v) is 5.13. The van der Waals surface area contributed by atoms with E-state index in [0.29, 0.717) is 0 Å². The summed E-state index contributed by atoms with van der Waals surface area (Å²) in [4.78, 5) is 0. The Hall–Kier alpha value is -5.72. The lowest BCUT2D eigenvalue weighted by Gasteiger charge is -2.13. The standard InChI is InChI=1S/C44H34/c1-5-13-35(14-6-1)21-23-39-27-31-41(29-25-37-17-9-3-10-18-37)43(33-39)44-34-40(24-22-36-15-7-2-8-16-36)28-32-42(44)30-26-38-19-11-4-12-20-38/h1-34H. The Morgan fingerprint density at radius 2 is 0.500 bits per heavy atom. The Morgan fingerprint density at radius 1 is 0.227 bits per heavy atom. The van der Waals surface area contributed by atoms with Crippen molar-refractivity contribution in [3.05, 3.63) is 202 Å². The normalized spacial score (nSPS) is 11.7. The van der Waals surface area contributed by atoms with Crippen LogP contribution in [0.3, 0.4) is 0 Å². The first-order chi connectivity index (χ1) is 21.8. The fraction of sp³-hybridized carbons (Fsp3) is 0. The summed E-state index contributed by atoms with van der Waals surface area (Å²) in [7, 11) is 0. The van der Waals surface area contributed by atoms with Crippen molar-refractivity contribution in [2.24, 2.45) is 0 Å². The summed E-state index contributed by atoms with van der Waals surface area (Å²) in [6.45, 7) is 0. The van der Waals surface area contributed by atoms with E-state index in [1.807, 2.05) is 12.1 Å². The molecule has 6 aromatic carbocycles. The monoisotopic (exact) mass is 562 g/mol. The first-order valence-electron chi connectivity index (χ1n) is 15.0. The summed E-state index contributed by atoms with van der Waals surface area (Å²) in [5.74, 6) is 0. The quantitative estimate of drug-likeness (QED) is 0.154. The number of hydrogen-bond acceptors (Lipinski definition) is 0. The molecule has 0 spiro atoms. The molecule has 0 radical (unpaired) electrons. The molecule has 0 aliphatic carbocycles. The van der Waals surface area contributed by atoms with Crippen LogP contribution in [0.4, 0.5) is 0 Å². The van der Waals surface area contributed by atoms with Gasteiger partial charge in [-0.05, 0) is 67.8 Å². The number of hydrogen-bond donors (Lipinski definition) is 0. The molecule has 0 amide bonds. The summed E-state index contributed by atoms with van der Waals surface area (Å²) in [5, 5.41) is 0. The molecule has 0 N–H and O–H groups in total. The molecule has 0 unspecified atom stereocenters. The average molecular weight is 563 g/mol. The van der Waals surface area contributed by atoms with Gasteiger partial charge in [0.15, 0.2) is 0 Å². The molecule has 0 saturated heterocycles. The van der Waals surface area contributed by atoms with E-state index in [9.17, 15) is 0 Å². The first-order valence-corrected chi connectivity index (χ1v) is 15.0. The van der Waals surface area contributed by atoms with Gasteiger partial charge in [-0.1, -0.05) is 194 Å². The Morgan fingerprint density at radius 3 is 0.818 bits per heavy atom. The average Bonchev–Trinajstić information content (AvgIpc) is 3.10. The van der Waals surface area contributed by atoms with Crippen LogP contribution in [0.1, 0.15) is 44.5 Å². The molecule has 0 heterocycles. The van der Waals surface area contributed by atoms with E-state index >= 15 is 0 Å². The van der Waals surface area contributed by atoms with Gasteiger partial charge in [-0.2, -0.15) is 0 Å². The van der Waals surface area contributed by atoms with Gasteiger partial charge in [0.25, 0.3) is 0 Å². The van der Waals surface area contributed by atoms with Crippen LogP contribution in [0.2, 0.25) is 0 Å². The minimum atomic E-state index is 1.16.